The van der Waals surface area contributed by atoms with E-state index in [1.807, 2.05) is 0 Å². The maximum absolute atomic E-state index is 2.37. The molecule has 0 radical (unpaired) electrons. The van der Waals surface area contributed by atoms with Crippen molar-refractivity contribution in [3.05, 3.63) is 47.0 Å². The van der Waals surface area contributed by atoms with E-state index >= 15 is 0 Å². The Morgan fingerprint density at radius 1 is 0.941 bits per heavy atom. The van der Waals surface area contributed by atoms with E-state index in [1.54, 1.807) is 5.57 Å². The molecule has 1 atom stereocenters. The molecule has 0 heterocycles. The highest BCUT2D eigenvalue weighted by molar-refractivity contribution is 5.19. The molecule has 1 aromatic rings. The average molecular weight is 232 g/mol. The molecule has 0 spiro atoms. The zero-order chi connectivity index (χ0) is 12.0. The molecule has 1 aromatic carbocycles. The van der Waals surface area contributed by atoms with Crippen molar-refractivity contribution < 1.29 is 0 Å². The summed E-state index contributed by atoms with van der Waals surface area (Å²) in [4.78, 5) is 0. The van der Waals surface area contributed by atoms with Crippen LogP contribution in [0.15, 0.2) is 35.9 Å². The Balaban J connectivity index is 0.000000284. The van der Waals surface area contributed by atoms with Crippen molar-refractivity contribution in [2.75, 3.05) is 0 Å². The second-order valence-corrected chi connectivity index (χ2v) is 5.08. The molecule has 2 rings (SSSR count). The number of hydrogen-bond donors (Lipinski definition) is 0. The quantitative estimate of drug-likeness (QED) is 0.504. The van der Waals surface area contributed by atoms with Crippen LogP contribution in [0.4, 0.5) is 0 Å². The molecule has 1 aliphatic rings. The maximum atomic E-state index is 2.37. The first-order valence-electron chi connectivity index (χ1n) is 6.27. The summed E-state index contributed by atoms with van der Waals surface area (Å²) in [5, 5.41) is 0. The van der Waals surface area contributed by atoms with Gasteiger partial charge in [-0.15, -0.1) is 0 Å². The molecule has 0 saturated heterocycles. The smallest absolute Gasteiger partial charge is 0.0320 e. The standard InChI is InChI=1S/C8H14.C8H10.CH4/c2*1-7-3-5-8(2)6-4-7;/h3,8H,4-6H2,1-2H3;3-6H,1-2H3;1H4. The van der Waals surface area contributed by atoms with Gasteiger partial charge in [0.25, 0.3) is 0 Å². The lowest BCUT2D eigenvalue weighted by Crippen LogP contribution is -1.98. The van der Waals surface area contributed by atoms with Crippen LogP contribution in [0, 0.1) is 19.8 Å². The molecular weight excluding hydrogens is 204 g/mol. The molecule has 0 N–H and O–H groups in total. The number of aryl methyl sites for hydroxylation is 2. The molecule has 0 aliphatic heterocycles. The zero-order valence-electron chi connectivity index (χ0n) is 11.1. The predicted molar refractivity (Wildman–Crippen MR) is 79.4 cm³/mol. The van der Waals surface area contributed by atoms with Gasteiger partial charge in [-0.2, -0.15) is 0 Å². The highest BCUT2D eigenvalue weighted by atomic mass is 14.1. The molecule has 1 unspecified atom stereocenters. The lowest BCUT2D eigenvalue weighted by Gasteiger charge is -2.14. The van der Waals surface area contributed by atoms with Gasteiger partial charge in [0, 0.05) is 0 Å². The van der Waals surface area contributed by atoms with Crippen molar-refractivity contribution >= 4 is 0 Å². The van der Waals surface area contributed by atoms with Gasteiger partial charge in [-0.25, -0.2) is 0 Å². The van der Waals surface area contributed by atoms with Crippen molar-refractivity contribution in [2.45, 2.75) is 54.4 Å². The summed E-state index contributed by atoms with van der Waals surface area (Å²) >= 11 is 0. The van der Waals surface area contributed by atoms with Gasteiger partial charge in [-0.05, 0) is 46.0 Å². The van der Waals surface area contributed by atoms with Gasteiger partial charge in [0.15, 0.2) is 0 Å². The zero-order valence-corrected chi connectivity index (χ0v) is 11.1. The molecule has 17 heavy (non-hydrogen) atoms. The van der Waals surface area contributed by atoms with Crippen molar-refractivity contribution in [3.63, 3.8) is 0 Å². The third-order valence-corrected chi connectivity index (χ3v) is 3.12. The molecule has 0 amide bonds. The lowest BCUT2D eigenvalue weighted by atomic mass is 9.92. The van der Waals surface area contributed by atoms with Crippen LogP contribution in [0.5, 0.6) is 0 Å². The van der Waals surface area contributed by atoms with Crippen LogP contribution in [-0.4, -0.2) is 0 Å². The Bertz CT molecular complexity index is 309. The Morgan fingerprint density at radius 3 is 1.71 bits per heavy atom. The van der Waals surface area contributed by atoms with Crippen LogP contribution in [0.25, 0.3) is 0 Å². The molecule has 0 aromatic heterocycles. The van der Waals surface area contributed by atoms with Gasteiger partial charge in [0.2, 0.25) is 0 Å². The van der Waals surface area contributed by atoms with Crippen LogP contribution < -0.4 is 0 Å². The van der Waals surface area contributed by atoms with Crippen LogP contribution in [0.2, 0.25) is 0 Å². The Kier molecular flexibility index (Phi) is 7.61. The highest BCUT2D eigenvalue weighted by Gasteiger charge is 2.05. The summed E-state index contributed by atoms with van der Waals surface area (Å²) in [5.41, 5.74) is 4.24. The van der Waals surface area contributed by atoms with Crippen molar-refractivity contribution in [2.24, 2.45) is 5.92 Å². The van der Waals surface area contributed by atoms with Crippen molar-refractivity contribution in [3.8, 4) is 0 Å². The molecule has 0 saturated carbocycles. The normalized spacial score (nSPS) is 18.4. The third-order valence-electron chi connectivity index (χ3n) is 3.12. The Labute approximate surface area is 108 Å². The minimum Gasteiger partial charge on any atom is -0.0853 e. The fraction of sp³-hybridized carbons (Fsp3) is 0.529. The van der Waals surface area contributed by atoms with Crippen LogP contribution in [0.3, 0.4) is 0 Å². The first-order valence-corrected chi connectivity index (χ1v) is 6.27. The van der Waals surface area contributed by atoms with Gasteiger partial charge in [-0.3, -0.25) is 0 Å². The fourth-order valence-corrected chi connectivity index (χ4v) is 1.73. The van der Waals surface area contributed by atoms with E-state index in [0.29, 0.717) is 0 Å². The van der Waals surface area contributed by atoms with Gasteiger partial charge in [0.05, 0.1) is 0 Å². The Morgan fingerprint density at radius 2 is 1.41 bits per heavy atom. The molecule has 0 fully saturated rings. The number of hydrogen-bond acceptors (Lipinski definition) is 0. The van der Waals surface area contributed by atoms with E-state index in [4.69, 9.17) is 0 Å². The topological polar surface area (TPSA) is 0 Å². The van der Waals surface area contributed by atoms with E-state index in [9.17, 15) is 0 Å². The molecule has 0 heteroatoms. The van der Waals surface area contributed by atoms with Gasteiger partial charge >= 0.3 is 0 Å². The van der Waals surface area contributed by atoms with E-state index in [0.717, 1.165) is 5.92 Å². The molecule has 1 aliphatic carbocycles. The van der Waals surface area contributed by atoms with E-state index in [2.05, 4.69) is 58.0 Å². The molecule has 96 valence electrons. The second-order valence-electron chi connectivity index (χ2n) is 5.08. The monoisotopic (exact) mass is 232 g/mol. The summed E-state index contributed by atoms with van der Waals surface area (Å²) in [5.74, 6) is 0.943. The van der Waals surface area contributed by atoms with Gasteiger partial charge < -0.3 is 0 Å². The van der Waals surface area contributed by atoms with E-state index in [1.165, 1.54) is 30.4 Å². The van der Waals surface area contributed by atoms with Gasteiger partial charge in [-0.1, -0.05) is 61.4 Å². The number of allylic oxidation sites excluding steroid dienone is 2. The fourth-order valence-electron chi connectivity index (χ4n) is 1.73. The van der Waals surface area contributed by atoms with Crippen molar-refractivity contribution in [1.29, 1.82) is 0 Å². The number of benzene rings is 1. The largest absolute Gasteiger partial charge is 0.0853 e. The van der Waals surface area contributed by atoms with E-state index < -0.39 is 0 Å². The minimum absolute atomic E-state index is 0. The van der Waals surface area contributed by atoms with Gasteiger partial charge in [0.1, 0.15) is 0 Å². The summed E-state index contributed by atoms with van der Waals surface area (Å²) in [7, 11) is 0. The number of rotatable bonds is 0. The molecule has 0 nitrogen and oxygen atoms in total. The van der Waals surface area contributed by atoms with Crippen molar-refractivity contribution in [1.82, 2.24) is 0 Å². The lowest BCUT2D eigenvalue weighted by molar-refractivity contribution is 0.514. The highest BCUT2D eigenvalue weighted by Crippen LogP contribution is 2.21. The van der Waals surface area contributed by atoms with Crippen LogP contribution in [0.1, 0.15) is 51.7 Å². The van der Waals surface area contributed by atoms with Crippen LogP contribution >= 0.6 is 0 Å². The molecule has 0 bridgehead atoms. The minimum atomic E-state index is 0. The van der Waals surface area contributed by atoms with Crippen LogP contribution in [-0.2, 0) is 0 Å². The summed E-state index contributed by atoms with van der Waals surface area (Å²) < 4.78 is 0. The summed E-state index contributed by atoms with van der Waals surface area (Å²) in [6.07, 6.45) is 6.42. The summed E-state index contributed by atoms with van der Waals surface area (Å²) in [6.45, 7) is 8.74. The first-order chi connectivity index (χ1) is 7.58. The first kappa shape index (κ1) is 16.0. The third kappa shape index (κ3) is 6.99. The average Bonchev–Trinajstić information content (AvgIpc) is 2.28. The predicted octanol–water partition coefficient (Wildman–Crippen LogP) is 5.69. The van der Waals surface area contributed by atoms with E-state index in [-0.39, 0.29) is 7.43 Å². The Hall–Kier alpha value is -1.04. The second kappa shape index (κ2) is 8.11. The molecular formula is C17H28. The maximum Gasteiger partial charge on any atom is -0.0320 e. The summed E-state index contributed by atoms with van der Waals surface area (Å²) in [6, 6.07) is 8.48. The SMILES string of the molecule is C.CC1=CCC(C)CC1.Cc1ccc(C)cc1.